The van der Waals surface area contributed by atoms with Gasteiger partial charge in [-0.3, -0.25) is 19.3 Å². The smallest absolute Gasteiger partial charge is 0.347 e. The lowest BCUT2D eigenvalue weighted by molar-refractivity contribution is -0.164. The van der Waals surface area contributed by atoms with Crippen LogP contribution >= 0.6 is 0 Å². The zero-order valence-electron chi connectivity index (χ0n) is 42.6. The van der Waals surface area contributed by atoms with Gasteiger partial charge in [-0.25, -0.2) is 4.79 Å². The zero-order chi connectivity index (χ0) is 52.7. The van der Waals surface area contributed by atoms with E-state index in [1.54, 1.807) is 60.7 Å². The summed E-state index contributed by atoms with van der Waals surface area (Å²) >= 11 is 0. The average molecular weight is 1020 g/mol. The number of aliphatic hydroxyl groups excluding tert-OH is 1. The van der Waals surface area contributed by atoms with Crippen molar-refractivity contribution in [3.8, 4) is 11.5 Å². The Bertz CT molecular complexity index is 3180. The highest BCUT2D eigenvalue weighted by Crippen LogP contribution is 2.42. The van der Waals surface area contributed by atoms with Crippen LogP contribution in [-0.4, -0.2) is 112 Å². The van der Waals surface area contributed by atoms with Crippen LogP contribution in [-0.2, 0) is 34.7 Å². The third-order valence-corrected chi connectivity index (χ3v) is 15.6. The number of phenols is 1. The van der Waals surface area contributed by atoms with Gasteiger partial charge in [0.05, 0.1) is 18.2 Å². The van der Waals surface area contributed by atoms with Crippen LogP contribution in [0.5, 0.6) is 11.5 Å². The number of benzene rings is 6. The van der Waals surface area contributed by atoms with Gasteiger partial charge in [-0.05, 0) is 134 Å². The Morgan fingerprint density at radius 3 is 2.05 bits per heavy atom. The normalized spacial score (nSPS) is 16.9. The Morgan fingerprint density at radius 1 is 0.711 bits per heavy atom. The number of carbonyl (C=O) groups is 3. The Morgan fingerprint density at radius 2 is 1.36 bits per heavy atom. The molecular formula is C62H65N5O9. The van der Waals surface area contributed by atoms with Gasteiger partial charge >= 0.3 is 5.97 Å². The molecule has 0 aliphatic carbocycles. The molecule has 6 aromatic carbocycles. The van der Waals surface area contributed by atoms with Crippen molar-refractivity contribution in [3.05, 3.63) is 213 Å². The number of nitrogens with zero attached hydrogens (tertiary/aromatic N) is 3. The summed E-state index contributed by atoms with van der Waals surface area (Å²) in [4.78, 5) is 61.7. The number of aliphatic hydroxyl groups is 2. The van der Waals surface area contributed by atoms with Crippen LogP contribution in [0.4, 0.5) is 0 Å². The van der Waals surface area contributed by atoms with Crippen molar-refractivity contribution in [2.24, 2.45) is 11.3 Å². The molecule has 14 heteroatoms. The van der Waals surface area contributed by atoms with Crippen LogP contribution < -0.4 is 15.6 Å². The summed E-state index contributed by atoms with van der Waals surface area (Å²) < 4.78 is 12.1. The first-order valence-corrected chi connectivity index (χ1v) is 26.4. The molecule has 5 N–H and O–H groups in total. The monoisotopic (exact) mass is 1020 g/mol. The van der Waals surface area contributed by atoms with Gasteiger partial charge < -0.3 is 44.9 Å². The lowest BCUT2D eigenvalue weighted by Crippen LogP contribution is -2.62. The average Bonchev–Trinajstić information content (AvgIpc) is 3.46. The van der Waals surface area contributed by atoms with Crippen LogP contribution in [0.2, 0.25) is 0 Å². The van der Waals surface area contributed by atoms with E-state index >= 15 is 0 Å². The van der Waals surface area contributed by atoms with Gasteiger partial charge in [0.2, 0.25) is 11.2 Å². The number of aromatic amines is 1. The van der Waals surface area contributed by atoms with Gasteiger partial charge in [0.25, 0.3) is 11.8 Å². The first-order valence-electron chi connectivity index (χ1n) is 26.4. The first-order chi connectivity index (χ1) is 36.9. The summed E-state index contributed by atoms with van der Waals surface area (Å²) in [7, 11) is 0. The molecule has 0 saturated carbocycles. The minimum absolute atomic E-state index is 0.000163. The third-order valence-electron chi connectivity index (χ3n) is 15.6. The van der Waals surface area contributed by atoms with E-state index in [-0.39, 0.29) is 54.2 Å². The molecule has 1 aromatic heterocycles. The lowest BCUT2D eigenvalue weighted by Gasteiger charge is -2.54. The number of fused-ring (bicyclic) bond motifs is 1. The number of pyridine rings is 1. The number of nitrogens with one attached hydrogen (secondary N) is 2. The highest BCUT2D eigenvalue weighted by molar-refractivity contribution is 5.95. The Kier molecular flexibility index (Phi) is 15.8. The Balaban J connectivity index is 0.657. The van der Waals surface area contributed by atoms with E-state index in [4.69, 9.17) is 9.47 Å². The van der Waals surface area contributed by atoms with Gasteiger partial charge in [0.1, 0.15) is 18.1 Å². The second-order valence-corrected chi connectivity index (χ2v) is 20.8. The molecule has 392 valence electrons. The molecule has 1 spiro atoms. The molecule has 1 unspecified atom stereocenters. The number of aromatic hydroxyl groups is 1. The molecule has 3 saturated heterocycles. The van der Waals surface area contributed by atoms with E-state index < -0.39 is 17.7 Å². The van der Waals surface area contributed by atoms with Crippen LogP contribution in [0.1, 0.15) is 85.9 Å². The van der Waals surface area contributed by atoms with E-state index in [1.165, 1.54) is 17.7 Å². The van der Waals surface area contributed by atoms with Crippen molar-refractivity contribution in [2.45, 2.75) is 57.0 Å². The van der Waals surface area contributed by atoms with Crippen molar-refractivity contribution in [1.82, 2.24) is 25.0 Å². The molecule has 2 amide bonds. The largest absolute Gasteiger partial charge is 0.506 e. The predicted molar refractivity (Wildman–Crippen MR) is 290 cm³/mol. The Labute approximate surface area is 442 Å². The molecule has 3 fully saturated rings. The maximum Gasteiger partial charge on any atom is 0.347 e. The number of rotatable bonds is 18. The van der Waals surface area contributed by atoms with E-state index in [9.17, 15) is 34.5 Å². The third kappa shape index (κ3) is 11.8. The van der Waals surface area contributed by atoms with Gasteiger partial charge in [-0.2, -0.15) is 0 Å². The molecule has 0 radical (unpaired) electrons. The highest BCUT2D eigenvalue weighted by Gasteiger charge is 2.47. The second-order valence-electron chi connectivity index (χ2n) is 20.8. The predicted octanol–water partition coefficient (Wildman–Crippen LogP) is 7.75. The maximum absolute atomic E-state index is 14.0. The molecule has 4 heterocycles. The molecule has 76 heavy (non-hydrogen) atoms. The summed E-state index contributed by atoms with van der Waals surface area (Å²) in [6.45, 7) is 6.61. The molecule has 3 aliphatic rings. The number of hydrogen-bond acceptors (Lipinski definition) is 11. The van der Waals surface area contributed by atoms with Gasteiger partial charge in [-0.15, -0.1) is 0 Å². The minimum Gasteiger partial charge on any atom is -0.506 e. The number of aromatic nitrogens is 1. The first kappa shape index (κ1) is 51.8. The van der Waals surface area contributed by atoms with Crippen LogP contribution in [0, 0.1) is 11.3 Å². The van der Waals surface area contributed by atoms with E-state index in [1.807, 2.05) is 70.5 Å². The van der Waals surface area contributed by atoms with Crippen molar-refractivity contribution < 1.29 is 39.2 Å². The molecule has 10 rings (SSSR count). The number of likely N-dealkylation sites (tertiary alicyclic amines) is 3. The maximum atomic E-state index is 14.0. The Hall–Kier alpha value is -7.62. The number of carbonyl (C=O) groups excluding carboxylic acids is 3. The van der Waals surface area contributed by atoms with Crippen molar-refractivity contribution in [2.75, 3.05) is 59.0 Å². The van der Waals surface area contributed by atoms with Crippen LogP contribution in [0.15, 0.2) is 163 Å². The SMILES string of the molecule is O=C(c1ccc(CCNC[C@H](O)c2ccc(O)c3[nH]c(=O)ccc23)cc1)N1CCC2(CC1)CN(C(=O)c1ccc(COc3cccc(C(O)(C(=O)OCC4CCN(Cc5ccccc5)CC4)c4ccccc4)c3)cc1)C2. The van der Waals surface area contributed by atoms with Gasteiger partial charge in [-0.1, -0.05) is 103 Å². The number of esters is 1. The topological polar surface area (TPSA) is 185 Å². The summed E-state index contributed by atoms with van der Waals surface area (Å²) in [6.07, 6.45) is 3.30. The molecular weight excluding hydrogens is 959 g/mol. The van der Waals surface area contributed by atoms with E-state index in [0.717, 1.165) is 56.4 Å². The summed E-state index contributed by atoms with van der Waals surface area (Å²) in [5.41, 5.74) is 3.69. The van der Waals surface area contributed by atoms with Crippen molar-refractivity contribution >= 4 is 28.7 Å². The fourth-order valence-electron chi connectivity index (χ4n) is 11.0. The second kappa shape index (κ2) is 23.1. The van der Waals surface area contributed by atoms with E-state index in [0.29, 0.717) is 83.6 Å². The number of piperidine rings is 2. The number of amides is 2. The van der Waals surface area contributed by atoms with Crippen LogP contribution in [0.25, 0.3) is 10.9 Å². The van der Waals surface area contributed by atoms with Gasteiger partial charge in [0.15, 0.2) is 0 Å². The molecule has 7 aromatic rings. The van der Waals surface area contributed by atoms with Crippen molar-refractivity contribution in [3.63, 3.8) is 0 Å². The summed E-state index contributed by atoms with van der Waals surface area (Å²) in [5, 5.41) is 37.2. The highest BCUT2D eigenvalue weighted by atomic mass is 16.5. The van der Waals surface area contributed by atoms with Gasteiger partial charge in [0, 0.05) is 72.8 Å². The summed E-state index contributed by atoms with van der Waals surface area (Å²) in [5.74, 6) is -0.130. The summed E-state index contributed by atoms with van der Waals surface area (Å²) in [6, 6.07) is 47.4. The number of ether oxygens (including phenoxy) is 2. The van der Waals surface area contributed by atoms with E-state index in [2.05, 4.69) is 39.5 Å². The van der Waals surface area contributed by atoms with Crippen LogP contribution in [0.3, 0.4) is 0 Å². The standard InChI is InChI=1S/C62H65N5O9/c68-54-24-22-52(53-23-25-56(70)64-57(53)54)55(69)37-63-31-26-43-14-18-47(19-15-43)58(71)66-34-29-61(30-35-66)41-67(42-61)59(72)48-20-16-45(17-21-48)39-75-51-13-7-12-50(36-51)62(74,49-10-5-2-6-11-49)60(73)76-40-46-27-32-65(33-28-46)38-44-8-3-1-4-9-44/h1-25,36,46,55,63,68-69,74H,26-35,37-42H2,(H,64,70)/t55-,62?/m0/s1. The fraction of sp³-hybridized carbons (Fsp3) is 0.323. The fourth-order valence-corrected chi connectivity index (χ4v) is 11.0. The number of phenolic OH excluding ortho intramolecular Hbond substituents is 1. The number of hydrogen-bond donors (Lipinski definition) is 5. The zero-order valence-corrected chi connectivity index (χ0v) is 42.6. The number of H-pyrrole nitrogens is 1. The molecule has 2 atom stereocenters. The van der Waals surface area contributed by atoms with Crippen molar-refractivity contribution in [1.29, 1.82) is 0 Å². The molecule has 0 bridgehead atoms. The lowest BCUT2D eigenvalue weighted by atomic mass is 9.71. The minimum atomic E-state index is -2.05. The molecule has 3 aliphatic heterocycles. The quantitative estimate of drug-likeness (QED) is 0.0419. The molecule has 14 nitrogen and oxygen atoms in total.